The maximum absolute atomic E-state index is 17.6. The molecule has 0 unspecified atom stereocenters. The zero-order valence-corrected chi connectivity index (χ0v) is 45.6. The molecule has 0 saturated heterocycles. The van der Waals surface area contributed by atoms with Gasteiger partial charge in [-0.1, -0.05) is 219 Å². The van der Waals surface area contributed by atoms with Crippen molar-refractivity contribution in [3.8, 4) is 33.4 Å². The summed E-state index contributed by atoms with van der Waals surface area (Å²) in [6.45, 7) is 9.81. The first-order valence-electron chi connectivity index (χ1n) is 27.4. The lowest BCUT2D eigenvalue weighted by Crippen LogP contribution is -2.41. The van der Waals surface area contributed by atoms with E-state index in [1.807, 2.05) is 78.9 Å². The highest BCUT2D eigenvalue weighted by Gasteiger charge is 2.30. The second-order valence-electron chi connectivity index (χ2n) is 21.5. The van der Waals surface area contributed by atoms with Crippen LogP contribution in [-0.4, -0.2) is 8.07 Å². The van der Waals surface area contributed by atoms with Gasteiger partial charge in [-0.2, -0.15) is 0 Å². The Morgan fingerprint density at radius 3 is 1.70 bits per heavy atom. The standard InChI is InChI=1S/C75H55FN2OSi/c1-50-38-41-58(78(56-28-14-7-15-29-56)74-66(52-24-10-5-11-25-52)46-54(47-69(74)76)51-22-8-4-9-23-51)44-45-80(2,3)72-37-21-33-62-68-49-65(59-30-16-17-31-60(59)67(68)48-64(50)73(62)72)53-39-42-57(43-40-53)77(55-26-12-6-13-27-55)70-35-20-34-63-61-32-18-19-36-71(61)79-75(63)70/h4-44,46-49H,1,45H2,2-3H3/b41-38-,58-44+. The van der Waals surface area contributed by atoms with E-state index in [1.54, 1.807) is 6.07 Å². The Morgan fingerprint density at radius 1 is 0.425 bits per heavy atom. The number of para-hydroxylation sites is 4. The van der Waals surface area contributed by atoms with Crippen LogP contribution in [-0.2, 0) is 0 Å². The van der Waals surface area contributed by atoms with E-state index in [4.69, 9.17) is 11.0 Å². The van der Waals surface area contributed by atoms with E-state index in [2.05, 4.69) is 211 Å². The molecule has 0 aliphatic carbocycles. The highest BCUT2D eigenvalue weighted by atomic mass is 28.3. The molecule has 0 saturated carbocycles. The van der Waals surface area contributed by atoms with E-state index in [1.165, 1.54) is 43.1 Å². The first-order valence-corrected chi connectivity index (χ1v) is 30.6. The first kappa shape index (κ1) is 48.6. The quantitative estimate of drug-likeness (QED) is 0.106. The van der Waals surface area contributed by atoms with Crippen LogP contribution in [0.3, 0.4) is 0 Å². The van der Waals surface area contributed by atoms with Gasteiger partial charge in [0.05, 0.1) is 19.4 Å². The molecule has 1 aliphatic heterocycles. The van der Waals surface area contributed by atoms with Crippen LogP contribution in [0, 0.1) is 5.82 Å². The summed E-state index contributed by atoms with van der Waals surface area (Å²) in [7, 11) is -2.34. The van der Waals surface area contributed by atoms with Crippen LogP contribution in [0.15, 0.2) is 290 Å². The number of benzene rings is 12. The third-order valence-corrected chi connectivity index (χ3v) is 19.3. The van der Waals surface area contributed by atoms with Gasteiger partial charge in [-0.05, 0) is 156 Å². The number of furan rings is 1. The Kier molecular flexibility index (Phi) is 12.1. The summed E-state index contributed by atoms with van der Waals surface area (Å²) in [6, 6.07) is 89.9. The van der Waals surface area contributed by atoms with Crippen LogP contribution in [0.25, 0.3) is 93.2 Å². The summed E-state index contributed by atoms with van der Waals surface area (Å²) >= 11 is 0. The molecule has 5 heteroatoms. The van der Waals surface area contributed by atoms with Crippen molar-refractivity contribution in [2.24, 2.45) is 0 Å². The average molecular weight is 1050 g/mol. The average Bonchev–Trinajstić information content (AvgIpc) is 3.69. The van der Waals surface area contributed by atoms with Crippen molar-refractivity contribution >= 4 is 102 Å². The maximum atomic E-state index is 17.6. The molecule has 14 rings (SSSR count). The molecule has 0 N–H and O–H groups in total. The minimum absolute atomic E-state index is 0.300. The van der Waals surface area contributed by atoms with Crippen LogP contribution in [0.4, 0.5) is 32.8 Å². The molecule has 12 aromatic carbocycles. The first-order chi connectivity index (χ1) is 39.3. The number of anilines is 5. The summed E-state index contributed by atoms with van der Waals surface area (Å²) in [4.78, 5) is 4.41. The van der Waals surface area contributed by atoms with Gasteiger partial charge in [-0.15, -0.1) is 0 Å². The zero-order chi connectivity index (χ0) is 53.9. The molecule has 0 radical (unpaired) electrons. The van der Waals surface area contributed by atoms with Gasteiger partial charge in [-0.3, -0.25) is 0 Å². The predicted molar refractivity (Wildman–Crippen MR) is 340 cm³/mol. The monoisotopic (exact) mass is 1050 g/mol. The van der Waals surface area contributed by atoms with Crippen molar-refractivity contribution in [1.82, 2.24) is 0 Å². The summed E-state index contributed by atoms with van der Waals surface area (Å²) in [5, 5.41) is 10.8. The fourth-order valence-corrected chi connectivity index (χ4v) is 14.7. The second kappa shape index (κ2) is 19.9. The number of allylic oxidation sites excluding steroid dienone is 4. The van der Waals surface area contributed by atoms with Gasteiger partial charge in [0.2, 0.25) is 0 Å². The molecular weight excluding hydrogens is 992 g/mol. The molecule has 0 fully saturated rings. The topological polar surface area (TPSA) is 19.6 Å². The summed E-state index contributed by atoms with van der Waals surface area (Å²) in [6.07, 6.45) is 6.64. The van der Waals surface area contributed by atoms with Gasteiger partial charge < -0.3 is 14.2 Å². The van der Waals surface area contributed by atoms with E-state index in [0.717, 1.165) is 95.4 Å². The molecule has 1 aliphatic rings. The SMILES string of the molecule is C=C1/C=C\C(N(c2ccccc2)c2c(F)cc(-c3ccccc3)cc2-c2ccccc2)=C/C[Si](C)(C)c2cccc3c2c1cc1c2ccccc2c(-c2ccc(N(c4ccccc4)c4cccc5c4oc4ccccc45)cc2)cc31. The highest BCUT2D eigenvalue weighted by molar-refractivity contribution is 6.92. The Hall–Kier alpha value is -9.81. The molecule has 2 heterocycles. The predicted octanol–water partition coefficient (Wildman–Crippen LogP) is 20.9. The maximum Gasteiger partial charge on any atom is 0.159 e. The smallest absolute Gasteiger partial charge is 0.159 e. The van der Waals surface area contributed by atoms with E-state index < -0.39 is 8.07 Å². The van der Waals surface area contributed by atoms with Crippen molar-refractivity contribution in [3.05, 3.63) is 297 Å². The van der Waals surface area contributed by atoms with Gasteiger partial charge in [0.25, 0.3) is 0 Å². The molecule has 3 nitrogen and oxygen atoms in total. The number of hydrogen-bond donors (Lipinski definition) is 0. The van der Waals surface area contributed by atoms with E-state index in [0.29, 0.717) is 5.69 Å². The van der Waals surface area contributed by atoms with Crippen LogP contribution >= 0.6 is 0 Å². The Labute approximate surface area is 466 Å². The fourth-order valence-electron chi connectivity index (χ4n) is 12.2. The Balaban J connectivity index is 0.905. The number of nitrogens with zero attached hydrogens (tertiary/aromatic N) is 2. The van der Waals surface area contributed by atoms with Crippen LogP contribution in [0.2, 0.25) is 19.1 Å². The van der Waals surface area contributed by atoms with Crippen LogP contribution < -0.4 is 15.0 Å². The lowest BCUT2D eigenvalue weighted by Gasteiger charge is -2.32. The van der Waals surface area contributed by atoms with Gasteiger partial charge in [0.1, 0.15) is 11.4 Å². The minimum atomic E-state index is -2.34. The van der Waals surface area contributed by atoms with Gasteiger partial charge in [0, 0.05) is 39.1 Å². The number of hydrogen-bond acceptors (Lipinski definition) is 3. The van der Waals surface area contributed by atoms with E-state index in [-0.39, 0.29) is 5.82 Å². The number of halogens is 1. The van der Waals surface area contributed by atoms with Crippen LogP contribution in [0.5, 0.6) is 0 Å². The molecule has 382 valence electrons. The normalized spacial score (nSPS) is 14.3. The van der Waals surface area contributed by atoms with Crippen molar-refractivity contribution in [3.63, 3.8) is 0 Å². The fraction of sp³-hybridized carbons (Fsp3) is 0.0400. The highest BCUT2D eigenvalue weighted by Crippen LogP contribution is 2.47. The van der Waals surface area contributed by atoms with Crippen molar-refractivity contribution in [1.29, 1.82) is 0 Å². The lowest BCUT2D eigenvalue weighted by molar-refractivity contribution is 0.629. The van der Waals surface area contributed by atoms with Gasteiger partial charge in [-0.25, -0.2) is 4.39 Å². The summed E-state index contributed by atoms with van der Waals surface area (Å²) in [5.74, 6) is -0.300. The lowest BCUT2D eigenvalue weighted by atomic mass is 9.87. The van der Waals surface area contributed by atoms with Crippen molar-refractivity contribution in [2.45, 2.75) is 19.1 Å². The van der Waals surface area contributed by atoms with Crippen molar-refractivity contribution < 1.29 is 8.81 Å². The zero-order valence-electron chi connectivity index (χ0n) is 44.6. The van der Waals surface area contributed by atoms with Crippen molar-refractivity contribution in [2.75, 3.05) is 9.80 Å². The van der Waals surface area contributed by atoms with E-state index in [9.17, 15) is 0 Å². The van der Waals surface area contributed by atoms with Gasteiger partial charge >= 0.3 is 0 Å². The molecule has 0 spiro atoms. The summed E-state index contributed by atoms with van der Waals surface area (Å²) in [5.41, 5.74) is 14.9. The van der Waals surface area contributed by atoms with Crippen LogP contribution in [0.1, 0.15) is 5.56 Å². The third kappa shape index (κ3) is 8.42. The largest absolute Gasteiger partial charge is 0.454 e. The van der Waals surface area contributed by atoms with E-state index >= 15 is 4.39 Å². The second-order valence-corrected chi connectivity index (χ2v) is 26.2. The molecule has 1 aromatic heterocycles. The Bertz CT molecular complexity index is 4600. The number of fused-ring (bicyclic) bond motifs is 7. The summed E-state index contributed by atoms with van der Waals surface area (Å²) < 4.78 is 24.3. The minimum Gasteiger partial charge on any atom is -0.454 e. The molecular formula is C75H55FN2OSi. The molecule has 0 amide bonds. The number of rotatable bonds is 9. The molecule has 13 aromatic rings. The Morgan fingerprint density at radius 2 is 0.975 bits per heavy atom. The molecule has 0 bridgehead atoms. The molecule has 0 atom stereocenters. The third-order valence-electron chi connectivity index (χ3n) is 16.2. The van der Waals surface area contributed by atoms with Gasteiger partial charge in [0.15, 0.2) is 5.58 Å². The molecule has 80 heavy (non-hydrogen) atoms.